The lowest BCUT2D eigenvalue weighted by Gasteiger charge is -2.19. The van der Waals surface area contributed by atoms with Crippen LogP contribution in [0.5, 0.6) is 17.2 Å². The van der Waals surface area contributed by atoms with E-state index in [1.165, 1.54) is 57.4 Å². The van der Waals surface area contributed by atoms with Gasteiger partial charge in [0.05, 0.1) is 6.61 Å². The number of aromatic hydroxyl groups is 1. The van der Waals surface area contributed by atoms with Crippen molar-refractivity contribution in [3.05, 3.63) is 53.6 Å². The molecular weight excluding hydrogens is 412 g/mol. The summed E-state index contributed by atoms with van der Waals surface area (Å²) in [4.78, 5) is 12.5. The van der Waals surface area contributed by atoms with Crippen LogP contribution in [0.3, 0.4) is 0 Å². The summed E-state index contributed by atoms with van der Waals surface area (Å²) in [6.07, 6.45) is 12.8. The Hall–Kier alpha value is -2.49. The number of unbranched alkanes of at least 4 members (excludes halogenated alkanes) is 9. The van der Waals surface area contributed by atoms with E-state index in [2.05, 4.69) is 27.7 Å². The zero-order chi connectivity index (χ0) is 24.1. The molecule has 33 heavy (non-hydrogen) atoms. The molecular formula is C29H42O4. The molecule has 2 aromatic rings. The lowest BCUT2D eigenvalue weighted by Crippen LogP contribution is -2.12. The lowest BCUT2D eigenvalue weighted by atomic mass is 9.87. The van der Waals surface area contributed by atoms with Gasteiger partial charge in [-0.05, 0) is 41.7 Å². The molecule has 0 atom stereocenters. The van der Waals surface area contributed by atoms with Crippen LogP contribution in [0.25, 0.3) is 0 Å². The number of benzene rings is 2. The predicted molar refractivity (Wildman–Crippen MR) is 136 cm³/mol. The van der Waals surface area contributed by atoms with E-state index in [4.69, 9.17) is 9.47 Å². The first kappa shape index (κ1) is 26.8. The highest BCUT2D eigenvalue weighted by Crippen LogP contribution is 2.27. The minimum absolute atomic E-state index is 0.0323. The van der Waals surface area contributed by atoms with Gasteiger partial charge in [0, 0.05) is 6.07 Å². The summed E-state index contributed by atoms with van der Waals surface area (Å²) in [6.45, 7) is 9.25. The van der Waals surface area contributed by atoms with Crippen molar-refractivity contribution in [3.8, 4) is 17.2 Å². The second-order valence-corrected chi connectivity index (χ2v) is 9.87. The molecule has 4 nitrogen and oxygen atoms in total. The maximum Gasteiger partial charge on any atom is 0.347 e. The van der Waals surface area contributed by atoms with E-state index in [1.807, 2.05) is 12.1 Å². The van der Waals surface area contributed by atoms with E-state index < -0.39 is 5.97 Å². The van der Waals surface area contributed by atoms with Crippen molar-refractivity contribution in [2.24, 2.45) is 0 Å². The molecule has 0 aliphatic carbocycles. The number of phenolic OH excluding ortho intramolecular Hbond substituents is 1. The van der Waals surface area contributed by atoms with Crippen LogP contribution in [-0.4, -0.2) is 17.7 Å². The molecule has 0 fully saturated rings. The number of phenols is 1. The molecule has 2 aromatic carbocycles. The van der Waals surface area contributed by atoms with E-state index in [-0.39, 0.29) is 16.7 Å². The Morgan fingerprint density at radius 2 is 1.33 bits per heavy atom. The van der Waals surface area contributed by atoms with Gasteiger partial charge in [-0.15, -0.1) is 0 Å². The number of carbonyl (C=O) groups is 1. The SMILES string of the molecule is CCCCCCCCCCCCOc1ccc(C(=O)Oc2ccc(C(C)(C)C)cc2)c(O)c1. The number of rotatable bonds is 14. The Bertz CT molecular complexity index is 834. The standard InChI is InChI=1S/C29H42O4/c1-5-6-7-8-9-10-11-12-13-14-21-32-25-19-20-26(27(30)22-25)28(31)33-24-17-15-23(16-18-24)29(2,3)4/h15-20,22,30H,5-14,21H2,1-4H3. The fourth-order valence-electron chi connectivity index (χ4n) is 3.74. The monoisotopic (exact) mass is 454 g/mol. The number of carbonyl (C=O) groups excluding carboxylic acids is 1. The van der Waals surface area contributed by atoms with Gasteiger partial charge in [-0.3, -0.25) is 0 Å². The first-order chi connectivity index (χ1) is 15.8. The summed E-state index contributed by atoms with van der Waals surface area (Å²) in [5.74, 6) is 0.298. The van der Waals surface area contributed by atoms with Gasteiger partial charge in [0.1, 0.15) is 22.8 Å². The van der Waals surface area contributed by atoms with Crippen molar-refractivity contribution in [2.75, 3.05) is 6.61 Å². The molecule has 0 aromatic heterocycles. The van der Waals surface area contributed by atoms with E-state index in [9.17, 15) is 9.90 Å². The molecule has 0 spiro atoms. The highest BCUT2D eigenvalue weighted by atomic mass is 16.5. The van der Waals surface area contributed by atoms with E-state index in [1.54, 1.807) is 24.3 Å². The molecule has 2 rings (SSSR count). The smallest absolute Gasteiger partial charge is 0.347 e. The number of hydrogen-bond acceptors (Lipinski definition) is 4. The van der Waals surface area contributed by atoms with Gasteiger partial charge in [0.2, 0.25) is 0 Å². The predicted octanol–water partition coefficient (Wildman–Crippen LogP) is 8.21. The van der Waals surface area contributed by atoms with Gasteiger partial charge in [-0.25, -0.2) is 4.79 Å². The third-order valence-electron chi connectivity index (χ3n) is 5.89. The van der Waals surface area contributed by atoms with Gasteiger partial charge in [0.25, 0.3) is 0 Å². The molecule has 0 unspecified atom stereocenters. The number of esters is 1. The molecule has 0 amide bonds. The Balaban J connectivity index is 1.70. The van der Waals surface area contributed by atoms with Crippen LogP contribution in [-0.2, 0) is 5.41 Å². The Morgan fingerprint density at radius 1 is 0.788 bits per heavy atom. The molecule has 0 saturated carbocycles. The molecule has 0 bridgehead atoms. The summed E-state index contributed by atoms with van der Waals surface area (Å²) < 4.78 is 11.2. The highest BCUT2D eigenvalue weighted by Gasteiger charge is 2.16. The highest BCUT2D eigenvalue weighted by molar-refractivity contribution is 5.94. The second kappa shape index (κ2) is 13.9. The third-order valence-corrected chi connectivity index (χ3v) is 5.89. The molecule has 0 saturated heterocycles. The van der Waals surface area contributed by atoms with E-state index >= 15 is 0 Å². The Labute approximate surface area is 200 Å². The van der Waals surface area contributed by atoms with Crippen molar-refractivity contribution in [2.45, 2.75) is 97.3 Å². The minimum Gasteiger partial charge on any atom is -0.507 e. The van der Waals surface area contributed by atoms with Gasteiger partial charge in [-0.2, -0.15) is 0 Å². The first-order valence-electron chi connectivity index (χ1n) is 12.6. The topological polar surface area (TPSA) is 55.8 Å². The maximum absolute atomic E-state index is 12.5. The maximum atomic E-state index is 12.5. The summed E-state index contributed by atoms with van der Waals surface area (Å²) in [5, 5.41) is 10.3. The van der Waals surface area contributed by atoms with Crippen LogP contribution >= 0.6 is 0 Å². The van der Waals surface area contributed by atoms with E-state index in [0.717, 1.165) is 18.4 Å². The van der Waals surface area contributed by atoms with Crippen LogP contribution in [0.15, 0.2) is 42.5 Å². The minimum atomic E-state index is -0.586. The van der Waals surface area contributed by atoms with Crippen LogP contribution < -0.4 is 9.47 Å². The van der Waals surface area contributed by atoms with Gasteiger partial charge >= 0.3 is 5.97 Å². The van der Waals surface area contributed by atoms with Crippen LogP contribution in [0.1, 0.15) is 108 Å². The first-order valence-corrected chi connectivity index (χ1v) is 12.6. The Kier molecular flexibility index (Phi) is 11.3. The molecule has 4 heteroatoms. The molecule has 1 N–H and O–H groups in total. The van der Waals surface area contributed by atoms with Crippen molar-refractivity contribution in [3.63, 3.8) is 0 Å². The molecule has 0 heterocycles. The summed E-state index contributed by atoms with van der Waals surface area (Å²) in [5.41, 5.74) is 1.32. The van der Waals surface area contributed by atoms with Crippen molar-refractivity contribution in [1.82, 2.24) is 0 Å². The fraction of sp³-hybridized carbons (Fsp3) is 0.552. The van der Waals surface area contributed by atoms with Gasteiger partial charge in [0.15, 0.2) is 0 Å². The molecule has 0 aliphatic rings. The normalized spacial score (nSPS) is 11.4. The third kappa shape index (κ3) is 9.89. The average molecular weight is 455 g/mol. The summed E-state index contributed by atoms with van der Waals surface area (Å²) in [7, 11) is 0. The van der Waals surface area contributed by atoms with Gasteiger partial charge < -0.3 is 14.6 Å². The van der Waals surface area contributed by atoms with Crippen molar-refractivity contribution >= 4 is 5.97 Å². The van der Waals surface area contributed by atoms with Crippen molar-refractivity contribution in [1.29, 1.82) is 0 Å². The Morgan fingerprint density at radius 3 is 1.88 bits per heavy atom. The number of ether oxygens (including phenoxy) is 2. The van der Waals surface area contributed by atoms with Gasteiger partial charge in [-0.1, -0.05) is 97.6 Å². The average Bonchev–Trinajstić information content (AvgIpc) is 2.77. The zero-order valence-electron chi connectivity index (χ0n) is 21.0. The molecule has 182 valence electrons. The zero-order valence-corrected chi connectivity index (χ0v) is 21.0. The second-order valence-electron chi connectivity index (χ2n) is 9.87. The van der Waals surface area contributed by atoms with Crippen LogP contribution in [0.2, 0.25) is 0 Å². The quantitative estimate of drug-likeness (QED) is 0.177. The van der Waals surface area contributed by atoms with Crippen LogP contribution in [0.4, 0.5) is 0 Å². The van der Waals surface area contributed by atoms with Crippen molar-refractivity contribution < 1.29 is 19.4 Å². The largest absolute Gasteiger partial charge is 0.507 e. The molecule has 0 aliphatic heterocycles. The van der Waals surface area contributed by atoms with Crippen LogP contribution in [0, 0.1) is 0 Å². The lowest BCUT2D eigenvalue weighted by molar-refractivity contribution is 0.0731. The fourth-order valence-corrected chi connectivity index (χ4v) is 3.74. The molecule has 0 radical (unpaired) electrons. The van der Waals surface area contributed by atoms with E-state index in [0.29, 0.717) is 18.1 Å². The summed E-state index contributed by atoms with van der Waals surface area (Å²) >= 11 is 0. The number of hydrogen-bond donors (Lipinski definition) is 1. The summed E-state index contributed by atoms with van der Waals surface area (Å²) in [6, 6.07) is 12.2.